The normalized spacial score (nSPS) is 14.3. The predicted octanol–water partition coefficient (Wildman–Crippen LogP) is 3.91. The van der Waals surface area contributed by atoms with Crippen LogP contribution in [0.1, 0.15) is 17.5 Å². The van der Waals surface area contributed by atoms with E-state index in [1.165, 1.54) is 21.3 Å². The molecule has 0 fully saturated rings. The molecule has 1 aliphatic heterocycles. The van der Waals surface area contributed by atoms with Crippen molar-refractivity contribution in [1.29, 1.82) is 0 Å². The topological polar surface area (TPSA) is 20.3 Å². The molecule has 1 heterocycles. The highest BCUT2D eigenvalue weighted by Crippen LogP contribution is 2.30. The molecule has 0 N–H and O–H groups in total. The number of hydrogen-bond donors (Lipinski definition) is 0. The van der Waals surface area contributed by atoms with Crippen molar-refractivity contribution in [3.05, 3.63) is 63.0 Å². The highest BCUT2D eigenvalue weighted by atomic mass is 127. The number of carbonyl (C=O) groups excluding carboxylic acids is 1. The second kappa shape index (κ2) is 5.52. The molecule has 0 atom stereocenters. The van der Waals surface area contributed by atoms with Gasteiger partial charge in [0.1, 0.15) is 5.82 Å². The van der Waals surface area contributed by atoms with Gasteiger partial charge in [0, 0.05) is 15.7 Å². The van der Waals surface area contributed by atoms with Gasteiger partial charge in [0.15, 0.2) is 0 Å². The fourth-order valence-electron chi connectivity index (χ4n) is 2.47. The molecular formula is C16H13FINO. The van der Waals surface area contributed by atoms with Crippen molar-refractivity contribution < 1.29 is 9.18 Å². The number of hydrogen-bond acceptors (Lipinski definition) is 1. The molecule has 0 radical (unpaired) electrons. The summed E-state index contributed by atoms with van der Waals surface area (Å²) in [6.07, 6.45) is 1.33. The lowest BCUT2D eigenvalue weighted by atomic mass is 10.0. The molecule has 0 saturated heterocycles. The van der Waals surface area contributed by atoms with Crippen LogP contribution in [0.4, 0.5) is 10.1 Å². The lowest BCUT2D eigenvalue weighted by Gasteiger charge is -2.29. The van der Waals surface area contributed by atoms with Crippen LogP contribution >= 0.6 is 22.6 Å². The van der Waals surface area contributed by atoms with Crippen LogP contribution in [0.25, 0.3) is 0 Å². The Morgan fingerprint density at radius 3 is 2.60 bits per heavy atom. The Hall–Kier alpha value is -1.43. The first kappa shape index (κ1) is 13.5. The number of carbonyl (C=O) groups is 1. The van der Waals surface area contributed by atoms with E-state index in [4.69, 9.17) is 0 Å². The van der Waals surface area contributed by atoms with Crippen LogP contribution in [-0.2, 0) is 17.8 Å². The molecule has 0 bridgehead atoms. The summed E-state index contributed by atoms with van der Waals surface area (Å²) in [7, 11) is 0. The second-order valence-corrected chi connectivity index (χ2v) is 6.13. The van der Waals surface area contributed by atoms with E-state index in [1.807, 2.05) is 12.1 Å². The number of rotatable bonds is 2. The highest BCUT2D eigenvalue weighted by Gasteiger charge is 2.24. The molecule has 0 spiro atoms. The lowest BCUT2D eigenvalue weighted by molar-refractivity contribution is -0.119. The van der Waals surface area contributed by atoms with Crippen LogP contribution in [-0.4, -0.2) is 5.91 Å². The van der Waals surface area contributed by atoms with Crippen LogP contribution in [0.3, 0.4) is 0 Å². The third-order valence-corrected chi connectivity index (χ3v) is 4.17. The first-order valence-corrected chi connectivity index (χ1v) is 7.54. The van der Waals surface area contributed by atoms with E-state index in [1.54, 1.807) is 17.0 Å². The fraction of sp³-hybridized carbons (Fsp3) is 0.188. The first-order chi connectivity index (χ1) is 9.63. The fourth-order valence-corrected chi connectivity index (χ4v) is 3.03. The summed E-state index contributed by atoms with van der Waals surface area (Å²) in [6, 6.07) is 12.4. The van der Waals surface area contributed by atoms with E-state index in [-0.39, 0.29) is 11.7 Å². The molecule has 20 heavy (non-hydrogen) atoms. The van der Waals surface area contributed by atoms with E-state index in [0.29, 0.717) is 13.0 Å². The van der Waals surface area contributed by atoms with Crippen LogP contribution in [0.15, 0.2) is 42.5 Å². The van der Waals surface area contributed by atoms with E-state index < -0.39 is 0 Å². The molecule has 0 unspecified atom stereocenters. The number of nitrogens with zero attached hydrogens (tertiary/aromatic N) is 1. The Bertz CT molecular complexity index is 654. The average Bonchev–Trinajstić information content (AvgIpc) is 2.44. The Morgan fingerprint density at radius 2 is 1.85 bits per heavy atom. The summed E-state index contributed by atoms with van der Waals surface area (Å²) in [4.78, 5) is 14.0. The third kappa shape index (κ3) is 2.70. The molecule has 0 saturated carbocycles. The van der Waals surface area contributed by atoms with Crippen LogP contribution < -0.4 is 4.90 Å². The van der Waals surface area contributed by atoms with Crippen molar-refractivity contribution in [3.63, 3.8) is 0 Å². The maximum Gasteiger partial charge on any atom is 0.227 e. The summed E-state index contributed by atoms with van der Waals surface area (Å²) >= 11 is 2.28. The molecule has 1 aliphatic rings. The number of fused-ring (bicyclic) bond motifs is 1. The lowest BCUT2D eigenvalue weighted by Crippen LogP contribution is -2.34. The van der Waals surface area contributed by atoms with Gasteiger partial charge < -0.3 is 4.90 Å². The SMILES string of the molecule is O=C1CCc2cc(I)ccc2N1Cc1ccc(F)cc1. The molecule has 1 amide bonds. The van der Waals surface area contributed by atoms with Crippen molar-refractivity contribution in [2.45, 2.75) is 19.4 Å². The van der Waals surface area contributed by atoms with Crippen molar-refractivity contribution >= 4 is 34.2 Å². The minimum absolute atomic E-state index is 0.128. The van der Waals surface area contributed by atoms with E-state index in [0.717, 1.165) is 17.7 Å². The molecule has 0 aliphatic carbocycles. The Kier molecular flexibility index (Phi) is 3.74. The van der Waals surface area contributed by atoms with Crippen molar-refractivity contribution in [3.8, 4) is 0 Å². The zero-order valence-corrected chi connectivity index (χ0v) is 12.9. The summed E-state index contributed by atoms with van der Waals surface area (Å²) in [5.74, 6) is -0.128. The molecule has 2 nitrogen and oxygen atoms in total. The van der Waals surface area contributed by atoms with Gasteiger partial charge in [0.2, 0.25) is 5.91 Å². The number of aryl methyl sites for hydroxylation is 1. The van der Waals surface area contributed by atoms with Crippen molar-refractivity contribution in [1.82, 2.24) is 0 Å². The molecular weight excluding hydrogens is 368 g/mol. The van der Waals surface area contributed by atoms with Gasteiger partial charge in [-0.25, -0.2) is 4.39 Å². The quantitative estimate of drug-likeness (QED) is 0.723. The summed E-state index contributed by atoms with van der Waals surface area (Å²) < 4.78 is 14.1. The zero-order valence-electron chi connectivity index (χ0n) is 10.8. The van der Waals surface area contributed by atoms with Gasteiger partial charge in [-0.05, 0) is 70.5 Å². The monoisotopic (exact) mass is 381 g/mol. The predicted molar refractivity (Wildman–Crippen MR) is 85.1 cm³/mol. The van der Waals surface area contributed by atoms with Crippen LogP contribution in [0.2, 0.25) is 0 Å². The number of amides is 1. The first-order valence-electron chi connectivity index (χ1n) is 6.47. The minimum atomic E-state index is -0.256. The van der Waals surface area contributed by atoms with Gasteiger partial charge in [-0.2, -0.15) is 0 Å². The number of halogens is 2. The third-order valence-electron chi connectivity index (χ3n) is 3.50. The zero-order chi connectivity index (χ0) is 14.1. The Morgan fingerprint density at radius 1 is 1.10 bits per heavy atom. The van der Waals surface area contributed by atoms with E-state index in [2.05, 4.69) is 28.7 Å². The summed E-state index contributed by atoms with van der Waals surface area (Å²) in [6.45, 7) is 0.493. The maximum absolute atomic E-state index is 12.9. The summed E-state index contributed by atoms with van der Waals surface area (Å²) in [5, 5.41) is 0. The van der Waals surface area contributed by atoms with Gasteiger partial charge in [0.05, 0.1) is 6.54 Å². The molecule has 102 valence electrons. The van der Waals surface area contributed by atoms with Crippen molar-refractivity contribution in [2.75, 3.05) is 4.90 Å². The van der Waals surface area contributed by atoms with Gasteiger partial charge in [-0.1, -0.05) is 12.1 Å². The average molecular weight is 381 g/mol. The van der Waals surface area contributed by atoms with Gasteiger partial charge >= 0.3 is 0 Å². The molecule has 4 heteroatoms. The molecule has 0 aromatic heterocycles. The standard InChI is InChI=1S/C16H13FINO/c17-13-4-1-11(2-5-13)10-19-15-7-6-14(18)9-12(15)3-8-16(19)20/h1-2,4-7,9H,3,8,10H2. The smallest absolute Gasteiger partial charge is 0.227 e. The number of anilines is 1. The van der Waals surface area contributed by atoms with Crippen molar-refractivity contribution in [2.24, 2.45) is 0 Å². The maximum atomic E-state index is 12.9. The highest BCUT2D eigenvalue weighted by molar-refractivity contribution is 14.1. The Balaban J connectivity index is 1.93. The van der Waals surface area contributed by atoms with E-state index in [9.17, 15) is 9.18 Å². The number of benzene rings is 2. The minimum Gasteiger partial charge on any atom is -0.308 e. The van der Waals surface area contributed by atoms with Gasteiger partial charge in [-0.15, -0.1) is 0 Å². The van der Waals surface area contributed by atoms with Gasteiger partial charge in [0.25, 0.3) is 0 Å². The van der Waals surface area contributed by atoms with E-state index >= 15 is 0 Å². The summed E-state index contributed by atoms with van der Waals surface area (Å²) in [5.41, 5.74) is 3.12. The molecule has 2 aromatic carbocycles. The Labute approximate surface area is 130 Å². The van der Waals surface area contributed by atoms with Crippen LogP contribution in [0, 0.1) is 9.39 Å². The second-order valence-electron chi connectivity index (χ2n) is 4.88. The molecule has 2 aromatic rings. The van der Waals surface area contributed by atoms with Gasteiger partial charge in [-0.3, -0.25) is 4.79 Å². The van der Waals surface area contributed by atoms with Crippen LogP contribution in [0.5, 0.6) is 0 Å². The largest absolute Gasteiger partial charge is 0.308 e. The molecule has 3 rings (SSSR count).